The maximum Gasteiger partial charge on any atom is 0.0465 e. The Balaban J connectivity index is 1.93. The average Bonchev–Trinajstić information content (AvgIpc) is 2.46. The molecule has 0 saturated carbocycles. The summed E-state index contributed by atoms with van der Waals surface area (Å²) >= 11 is 0. The Labute approximate surface area is 116 Å². The number of hydrogen-bond donors (Lipinski definition) is 1. The summed E-state index contributed by atoms with van der Waals surface area (Å²) in [5.74, 6) is 0. The molecule has 0 fully saturated rings. The molecule has 1 aromatic rings. The van der Waals surface area contributed by atoms with Crippen molar-refractivity contribution in [2.45, 2.75) is 44.9 Å². The average molecular weight is 259 g/mol. The molecule has 1 heterocycles. The molecule has 0 radical (unpaired) electrons. The van der Waals surface area contributed by atoms with Gasteiger partial charge in [0.25, 0.3) is 0 Å². The molecule has 19 heavy (non-hydrogen) atoms. The predicted molar refractivity (Wildman–Crippen MR) is 81.0 cm³/mol. The van der Waals surface area contributed by atoms with E-state index in [1.165, 1.54) is 18.4 Å². The van der Waals surface area contributed by atoms with Crippen molar-refractivity contribution in [2.24, 2.45) is 0 Å². The molecule has 0 bridgehead atoms. The summed E-state index contributed by atoms with van der Waals surface area (Å²) in [6, 6.07) is 4.13. The molecule has 0 spiro atoms. The van der Waals surface area contributed by atoms with Crippen LogP contribution in [0.1, 0.15) is 44.1 Å². The smallest absolute Gasteiger partial charge is 0.0465 e. The zero-order valence-corrected chi connectivity index (χ0v) is 11.7. The first kappa shape index (κ1) is 15.6. The Morgan fingerprint density at radius 3 is 2.26 bits per heavy atom. The van der Waals surface area contributed by atoms with Crippen molar-refractivity contribution in [1.29, 1.82) is 0 Å². The number of aliphatic hydroxyl groups is 1. The lowest BCUT2D eigenvalue weighted by atomic mass is 10.1. The van der Waals surface area contributed by atoms with Crippen molar-refractivity contribution in [3.05, 3.63) is 54.4 Å². The summed E-state index contributed by atoms with van der Waals surface area (Å²) in [6.45, 7) is 0.257. The van der Waals surface area contributed by atoms with E-state index < -0.39 is 0 Å². The van der Waals surface area contributed by atoms with Gasteiger partial charge < -0.3 is 5.11 Å². The topological polar surface area (TPSA) is 33.1 Å². The fourth-order valence-corrected chi connectivity index (χ4v) is 1.87. The molecule has 0 aliphatic carbocycles. The van der Waals surface area contributed by atoms with Crippen molar-refractivity contribution in [2.75, 3.05) is 6.61 Å². The van der Waals surface area contributed by atoms with E-state index in [1.807, 2.05) is 18.5 Å². The van der Waals surface area contributed by atoms with Crippen LogP contribution in [0.4, 0.5) is 0 Å². The van der Waals surface area contributed by atoms with Gasteiger partial charge >= 0.3 is 0 Å². The molecule has 2 nitrogen and oxygen atoms in total. The van der Waals surface area contributed by atoms with Gasteiger partial charge in [0.2, 0.25) is 0 Å². The lowest BCUT2D eigenvalue weighted by Crippen LogP contribution is -1.84. The third kappa shape index (κ3) is 9.20. The molecule has 0 aliphatic heterocycles. The lowest BCUT2D eigenvalue weighted by molar-refractivity contribution is 0.302. The summed E-state index contributed by atoms with van der Waals surface area (Å²) < 4.78 is 0. The van der Waals surface area contributed by atoms with E-state index in [1.54, 1.807) is 0 Å². The maximum absolute atomic E-state index is 8.61. The van der Waals surface area contributed by atoms with E-state index in [9.17, 15) is 0 Å². The minimum Gasteiger partial charge on any atom is -0.396 e. The van der Waals surface area contributed by atoms with Crippen molar-refractivity contribution >= 4 is 0 Å². The van der Waals surface area contributed by atoms with E-state index in [4.69, 9.17) is 5.11 Å². The van der Waals surface area contributed by atoms with Crippen LogP contribution in [-0.2, 0) is 6.42 Å². The van der Waals surface area contributed by atoms with Crippen LogP contribution in [0.2, 0.25) is 0 Å². The van der Waals surface area contributed by atoms with Crippen LogP contribution in [-0.4, -0.2) is 16.7 Å². The second-order valence-corrected chi connectivity index (χ2v) is 4.64. The Kier molecular flexibility index (Phi) is 9.61. The van der Waals surface area contributed by atoms with Gasteiger partial charge in [0, 0.05) is 19.0 Å². The summed E-state index contributed by atoms with van der Waals surface area (Å²) in [6.07, 6.45) is 20.2. The van der Waals surface area contributed by atoms with Gasteiger partial charge in [-0.1, -0.05) is 30.4 Å². The molecule has 0 saturated heterocycles. The van der Waals surface area contributed by atoms with Gasteiger partial charge in [0.15, 0.2) is 0 Å². The molecule has 1 N–H and O–H groups in total. The summed E-state index contributed by atoms with van der Waals surface area (Å²) in [7, 11) is 0. The summed E-state index contributed by atoms with van der Waals surface area (Å²) in [5.41, 5.74) is 1.32. The van der Waals surface area contributed by atoms with Gasteiger partial charge in [-0.2, -0.15) is 0 Å². The maximum atomic E-state index is 8.61. The van der Waals surface area contributed by atoms with Crippen molar-refractivity contribution in [3.63, 3.8) is 0 Å². The molecule has 2 heteroatoms. The minimum atomic E-state index is 0.257. The van der Waals surface area contributed by atoms with E-state index in [0.717, 1.165) is 32.1 Å². The van der Waals surface area contributed by atoms with E-state index in [0.29, 0.717) is 0 Å². The van der Waals surface area contributed by atoms with Crippen molar-refractivity contribution < 1.29 is 5.11 Å². The zero-order chi connectivity index (χ0) is 13.6. The number of unbranched alkanes of at least 4 members (excludes halogenated alkanes) is 3. The van der Waals surface area contributed by atoms with E-state index >= 15 is 0 Å². The van der Waals surface area contributed by atoms with Gasteiger partial charge in [0.1, 0.15) is 0 Å². The van der Waals surface area contributed by atoms with Gasteiger partial charge in [-0.15, -0.1) is 0 Å². The largest absolute Gasteiger partial charge is 0.396 e. The Morgan fingerprint density at radius 1 is 0.947 bits per heavy atom. The van der Waals surface area contributed by atoms with Gasteiger partial charge in [-0.3, -0.25) is 4.98 Å². The molecular formula is C17H25NO. The molecule has 1 rings (SSSR count). The van der Waals surface area contributed by atoms with Crippen LogP contribution < -0.4 is 0 Å². The Hall–Kier alpha value is -1.41. The monoisotopic (exact) mass is 259 g/mol. The third-order valence-electron chi connectivity index (χ3n) is 2.93. The highest BCUT2D eigenvalue weighted by atomic mass is 16.2. The number of rotatable bonds is 10. The minimum absolute atomic E-state index is 0.257. The van der Waals surface area contributed by atoms with Crippen LogP contribution in [0, 0.1) is 0 Å². The number of aliphatic hydroxyl groups excluding tert-OH is 1. The normalized spacial score (nSPS) is 11.6. The van der Waals surface area contributed by atoms with Crippen molar-refractivity contribution in [3.8, 4) is 0 Å². The predicted octanol–water partition coefficient (Wildman–Crippen LogP) is 4.07. The van der Waals surface area contributed by atoms with Crippen LogP contribution in [0.5, 0.6) is 0 Å². The summed E-state index contributed by atoms with van der Waals surface area (Å²) in [5, 5.41) is 8.61. The molecular weight excluding hydrogens is 234 g/mol. The van der Waals surface area contributed by atoms with Crippen LogP contribution in [0.15, 0.2) is 48.8 Å². The highest BCUT2D eigenvalue weighted by molar-refractivity contribution is 5.08. The highest BCUT2D eigenvalue weighted by Crippen LogP contribution is 2.05. The quantitative estimate of drug-likeness (QED) is 0.507. The first-order valence-electron chi connectivity index (χ1n) is 7.23. The molecule has 0 unspecified atom stereocenters. The summed E-state index contributed by atoms with van der Waals surface area (Å²) in [4.78, 5) is 4.11. The number of pyridine rings is 1. The molecule has 104 valence electrons. The number of aromatic nitrogens is 1. The molecule has 1 aromatic heterocycles. The van der Waals surface area contributed by atoms with Crippen molar-refractivity contribution in [1.82, 2.24) is 4.98 Å². The second kappa shape index (κ2) is 11.7. The number of aryl methyl sites for hydroxylation is 1. The number of allylic oxidation sites excluding steroid dienone is 3. The van der Waals surface area contributed by atoms with Gasteiger partial charge in [0.05, 0.1) is 0 Å². The SMILES string of the molecule is OCC/C=C/CCC/C=C\CCCc1cccnc1. The fourth-order valence-electron chi connectivity index (χ4n) is 1.87. The van der Waals surface area contributed by atoms with E-state index in [2.05, 4.69) is 35.4 Å². The first-order valence-corrected chi connectivity index (χ1v) is 7.23. The zero-order valence-electron chi connectivity index (χ0n) is 11.7. The molecule has 0 aliphatic rings. The number of hydrogen-bond acceptors (Lipinski definition) is 2. The lowest BCUT2D eigenvalue weighted by Gasteiger charge is -1.97. The Bertz CT molecular complexity index is 357. The number of nitrogens with zero attached hydrogens (tertiary/aromatic N) is 1. The first-order chi connectivity index (χ1) is 9.43. The van der Waals surface area contributed by atoms with Gasteiger partial charge in [-0.05, 0) is 56.6 Å². The van der Waals surface area contributed by atoms with Gasteiger partial charge in [-0.25, -0.2) is 0 Å². The molecule has 0 amide bonds. The Morgan fingerprint density at radius 2 is 1.63 bits per heavy atom. The highest BCUT2D eigenvalue weighted by Gasteiger charge is 1.90. The van der Waals surface area contributed by atoms with Crippen LogP contribution in [0.25, 0.3) is 0 Å². The van der Waals surface area contributed by atoms with E-state index in [-0.39, 0.29) is 6.61 Å². The van der Waals surface area contributed by atoms with Crippen LogP contribution >= 0.6 is 0 Å². The van der Waals surface area contributed by atoms with Crippen LogP contribution in [0.3, 0.4) is 0 Å². The second-order valence-electron chi connectivity index (χ2n) is 4.64. The molecule has 0 aromatic carbocycles. The fraction of sp³-hybridized carbons (Fsp3) is 0.471. The molecule has 0 atom stereocenters. The third-order valence-corrected chi connectivity index (χ3v) is 2.93. The standard InChI is InChI=1S/C17H25NO/c19-15-10-8-6-4-2-1-3-5-7-9-12-17-13-11-14-18-16-17/h3,5-6,8,11,13-14,16,19H,1-2,4,7,9-10,12,15H2/b5-3-,8-6+.